The van der Waals surface area contributed by atoms with E-state index in [0.29, 0.717) is 6.01 Å². The molecule has 184 valence electrons. The molecule has 0 saturated carbocycles. The summed E-state index contributed by atoms with van der Waals surface area (Å²) >= 11 is 0. The minimum Gasteiger partial charge on any atom is -0.459 e. The SMILES string of the molecule is C=CC(=O)Nc1cc(COc2nccc(-c3cn(C)c4ccccc34)n2)ccc1N1CCN(C)CC1. The Balaban J connectivity index is 1.36. The lowest BCUT2D eigenvalue weighted by molar-refractivity contribution is -0.111. The van der Waals surface area contributed by atoms with Gasteiger partial charge < -0.3 is 24.4 Å². The van der Waals surface area contributed by atoms with E-state index in [1.807, 2.05) is 43.4 Å². The van der Waals surface area contributed by atoms with Gasteiger partial charge in [0, 0.05) is 62.1 Å². The fourth-order valence-electron chi connectivity index (χ4n) is 4.53. The van der Waals surface area contributed by atoms with Crippen molar-refractivity contribution in [3.05, 3.63) is 79.1 Å². The maximum absolute atomic E-state index is 12.1. The number of para-hydroxylation sites is 1. The molecule has 2 aromatic heterocycles. The maximum atomic E-state index is 12.1. The van der Waals surface area contributed by atoms with Gasteiger partial charge in [0.1, 0.15) is 6.61 Å². The Kier molecular flexibility index (Phi) is 6.69. The average Bonchev–Trinajstić information content (AvgIpc) is 3.25. The number of nitrogens with zero attached hydrogens (tertiary/aromatic N) is 5. The van der Waals surface area contributed by atoms with Gasteiger partial charge in [0.15, 0.2) is 0 Å². The monoisotopic (exact) mass is 482 g/mol. The van der Waals surface area contributed by atoms with E-state index in [1.165, 1.54) is 6.08 Å². The quantitative estimate of drug-likeness (QED) is 0.400. The van der Waals surface area contributed by atoms with Crippen molar-refractivity contribution in [3.8, 4) is 17.3 Å². The van der Waals surface area contributed by atoms with Crippen LogP contribution in [0.5, 0.6) is 6.01 Å². The summed E-state index contributed by atoms with van der Waals surface area (Å²) in [5.74, 6) is -0.241. The number of likely N-dealkylation sites (N-methyl/N-ethyl adjacent to an activating group) is 1. The summed E-state index contributed by atoms with van der Waals surface area (Å²) in [6, 6.07) is 16.4. The second-order valence-electron chi connectivity index (χ2n) is 9.02. The van der Waals surface area contributed by atoms with E-state index in [4.69, 9.17) is 4.74 Å². The maximum Gasteiger partial charge on any atom is 0.317 e. The molecule has 0 spiro atoms. The highest BCUT2D eigenvalue weighted by atomic mass is 16.5. The van der Waals surface area contributed by atoms with Gasteiger partial charge in [-0.1, -0.05) is 30.8 Å². The Bertz CT molecular complexity index is 1400. The molecule has 1 amide bonds. The molecule has 0 aliphatic carbocycles. The van der Waals surface area contributed by atoms with Gasteiger partial charge in [-0.25, -0.2) is 4.98 Å². The van der Waals surface area contributed by atoms with E-state index in [-0.39, 0.29) is 12.5 Å². The largest absolute Gasteiger partial charge is 0.459 e. The summed E-state index contributed by atoms with van der Waals surface area (Å²) in [7, 11) is 4.15. The van der Waals surface area contributed by atoms with Crippen molar-refractivity contribution >= 4 is 28.2 Å². The van der Waals surface area contributed by atoms with E-state index in [0.717, 1.165) is 65.3 Å². The topological polar surface area (TPSA) is 75.5 Å². The Morgan fingerprint density at radius 2 is 1.92 bits per heavy atom. The second-order valence-corrected chi connectivity index (χ2v) is 9.02. The predicted octanol–water partition coefficient (Wildman–Crippen LogP) is 4.09. The normalized spacial score (nSPS) is 14.1. The van der Waals surface area contributed by atoms with Crippen LogP contribution < -0.4 is 15.0 Å². The van der Waals surface area contributed by atoms with Crippen LogP contribution in [0.3, 0.4) is 0 Å². The van der Waals surface area contributed by atoms with E-state index in [9.17, 15) is 4.79 Å². The smallest absolute Gasteiger partial charge is 0.317 e. The number of aromatic nitrogens is 3. The fourth-order valence-corrected chi connectivity index (χ4v) is 4.53. The molecule has 1 aliphatic heterocycles. The summed E-state index contributed by atoms with van der Waals surface area (Å²) in [5.41, 5.74) is 5.63. The molecule has 0 unspecified atom stereocenters. The molecular weight excluding hydrogens is 452 g/mol. The average molecular weight is 483 g/mol. The van der Waals surface area contributed by atoms with Crippen LogP contribution in [0, 0.1) is 0 Å². The summed E-state index contributed by atoms with van der Waals surface area (Å²) in [5, 5.41) is 4.09. The lowest BCUT2D eigenvalue weighted by Gasteiger charge is -2.35. The number of aryl methyl sites for hydroxylation is 1. The van der Waals surface area contributed by atoms with Crippen LogP contribution in [0.2, 0.25) is 0 Å². The van der Waals surface area contributed by atoms with Gasteiger partial charge in [0.2, 0.25) is 5.91 Å². The third-order valence-corrected chi connectivity index (χ3v) is 6.52. The molecule has 1 N–H and O–H groups in total. The number of nitrogens with one attached hydrogen (secondary N) is 1. The summed E-state index contributed by atoms with van der Waals surface area (Å²) in [6.07, 6.45) is 5.07. The van der Waals surface area contributed by atoms with Gasteiger partial charge in [-0.15, -0.1) is 0 Å². The van der Waals surface area contributed by atoms with Crippen molar-refractivity contribution in [2.75, 3.05) is 43.4 Å². The Labute approximate surface area is 210 Å². The zero-order chi connectivity index (χ0) is 25.1. The number of fused-ring (bicyclic) bond motifs is 1. The number of hydrogen-bond donors (Lipinski definition) is 1. The van der Waals surface area contributed by atoms with Crippen molar-refractivity contribution in [1.82, 2.24) is 19.4 Å². The summed E-state index contributed by atoms with van der Waals surface area (Å²) < 4.78 is 8.07. The second kappa shape index (κ2) is 10.2. The number of amides is 1. The number of benzene rings is 2. The number of ether oxygens (including phenoxy) is 1. The molecule has 2 aromatic carbocycles. The fraction of sp³-hybridized carbons (Fsp3) is 0.250. The lowest BCUT2D eigenvalue weighted by Crippen LogP contribution is -2.44. The van der Waals surface area contributed by atoms with Crippen LogP contribution in [0.25, 0.3) is 22.2 Å². The Morgan fingerprint density at radius 1 is 1.11 bits per heavy atom. The third-order valence-electron chi connectivity index (χ3n) is 6.52. The van der Waals surface area contributed by atoms with Gasteiger partial charge in [-0.3, -0.25) is 4.79 Å². The number of rotatable bonds is 7. The summed E-state index contributed by atoms with van der Waals surface area (Å²) in [6.45, 7) is 7.62. The van der Waals surface area contributed by atoms with Gasteiger partial charge >= 0.3 is 6.01 Å². The standard InChI is InChI=1S/C28H30N6O2/c1-4-27(35)30-24-17-20(9-10-26(24)34-15-13-32(2)14-16-34)19-36-28-29-12-11-23(31-28)22-18-33(3)25-8-6-5-7-21(22)25/h4-12,17-18H,1,13-16,19H2,2-3H3,(H,30,35). The van der Waals surface area contributed by atoms with Gasteiger partial charge in [0.25, 0.3) is 0 Å². The highest BCUT2D eigenvalue weighted by Crippen LogP contribution is 2.31. The third kappa shape index (κ3) is 4.94. The first kappa shape index (κ1) is 23.6. The molecule has 8 nitrogen and oxygen atoms in total. The molecule has 5 rings (SSSR count). The van der Waals surface area contributed by atoms with Crippen molar-refractivity contribution in [1.29, 1.82) is 0 Å². The van der Waals surface area contributed by atoms with Crippen molar-refractivity contribution < 1.29 is 9.53 Å². The van der Waals surface area contributed by atoms with Gasteiger partial charge in [-0.2, -0.15) is 4.98 Å². The molecule has 1 fully saturated rings. The molecule has 0 atom stereocenters. The minimum absolute atomic E-state index is 0.241. The molecule has 4 aromatic rings. The van der Waals surface area contributed by atoms with E-state index < -0.39 is 0 Å². The van der Waals surface area contributed by atoms with E-state index in [2.05, 4.69) is 61.6 Å². The molecule has 8 heteroatoms. The molecule has 3 heterocycles. The van der Waals surface area contributed by atoms with Crippen LogP contribution in [0.15, 0.2) is 73.6 Å². The molecular formula is C28H30N6O2. The highest BCUT2D eigenvalue weighted by Gasteiger charge is 2.18. The zero-order valence-corrected chi connectivity index (χ0v) is 20.6. The van der Waals surface area contributed by atoms with Crippen LogP contribution in [0.4, 0.5) is 11.4 Å². The number of anilines is 2. The Hall–Kier alpha value is -4.17. The number of carbonyl (C=O) groups is 1. The first-order chi connectivity index (χ1) is 17.5. The summed E-state index contributed by atoms with van der Waals surface area (Å²) in [4.78, 5) is 25.7. The van der Waals surface area contributed by atoms with Crippen molar-refractivity contribution in [3.63, 3.8) is 0 Å². The zero-order valence-electron chi connectivity index (χ0n) is 20.6. The minimum atomic E-state index is -0.241. The van der Waals surface area contributed by atoms with Gasteiger partial charge in [-0.05, 0) is 43.0 Å². The predicted molar refractivity (Wildman–Crippen MR) is 143 cm³/mol. The lowest BCUT2D eigenvalue weighted by atomic mass is 10.1. The first-order valence-electron chi connectivity index (χ1n) is 12.0. The van der Waals surface area contributed by atoms with Crippen LogP contribution >= 0.6 is 0 Å². The molecule has 0 radical (unpaired) electrons. The number of carbonyl (C=O) groups excluding carboxylic acids is 1. The van der Waals surface area contributed by atoms with Crippen LogP contribution in [0.1, 0.15) is 5.56 Å². The molecule has 1 aliphatic rings. The number of hydrogen-bond acceptors (Lipinski definition) is 6. The Morgan fingerprint density at radius 3 is 2.72 bits per heavy atom. The van der Waals surface area contributed by atoms with Gasteiger partial charge in [0.05, 0.1) is 17.1 Å². The molecule has 36 heavy (non-hydrogen) atoms. The first-order valence-corrected chi connectivity index (χ1v) is 12.0. The van der Waals surface area contributed by atoms with E-state index in [1.54, 1.807) is 6.20 Å². The highest BCUT2D eigenvalue weighted by molar-refractivity contribution is 6.01. The molecule has 1 saturated heterocycles. The molecule has 0 bridgehead atoms. The van der Waals surface area contributed by atoms with E-state index >= 15 is 0 Å². The van der Waals surface area contributed by atoms with Crippen molar-refractivity contribution in [2.45, 2.75) is 6.61 Å². The number of piperazine rings is 1. The van der Waals surface area contributed by atoms with Crippen molar-refractivity contribution in [2.24, 2.45) is 7.05 Å². The van der Waals surface area contributed by atoms with Crippen LogP contribution in [-0.4, -0.2) is 58.6 Å². The van der Waals surface area contributed by atoms with Crippen LogP contribution in [-0.2, 0) is 18.4 Å².